The molecule has 1 aliphatic rings. The Morgan fingerprint density at radius 1 is 1.44 bits per heavy atom. The molecule has 2 rings (SSSR count). The fraction of sp³-hybridized carbons (Fsp3) is 0.600. The van der Waals surface area contributed by atoms with E-state index in [1.807, 2.05) is 18.2 Å². The Bertz CT molecular complexity index is 401. The molecule has 1 aliphatic carbocycles. The fourth-order valence-corrected chi connectivity index (χ4v) is 2.72. The van der Waals surface area contributed by atoms with Crippen LogP contribution in [0.25, 0.3) is 0 Å². The minimum Gasteiger partial charge on any atom is -0.492 e. The average Bonchev–Trinajstić information content (AvgIpc) is 3.19. The van der Waals surface area contributed by atoms with Gasteiger partial charge in [0.25, 0.3) is 0 Å². The summed E-state index contributed by atoms with van der Waals surface area (Å²) in [6.45, 7) is 4.94. The van der Waals surface area contributed by atoms with Crippen molar-refractivity contribution in [1.29, 1.82) is 0 Å². The van der Waals surface area contributed by atoms with Crippen LogP contribution in [0.4, 0.5) is 0 Å². The molecule has 0 aliphatic heterocycles. The predicted molar refractivity (Wildman–Crippen MR) is 76.8 cm³/mol. The minimum absolute atomic E-state index is 0.347. The number of rotatable bonds is 6. The van der Waals surface area contributed by atoms with Crippen molar-refractivity contribution in [3.63, 3.8) is 0 Å². The third-order valence-corrected chi connectivity index (χ3v) is 4.24. The highest BCUT2D eigenvalue weighted by Crippen LogP contribution is 2.43. The Labute approximate surface area is 117 Å². The van der Waals surface area contributed by atoms with Crippen LogP contribution >= 0.6 is 15.9 Å². The predicted octanol–water partition coefficient (Wildman–Crippen LogP) is 4.32. The van der Waals surface area contributed by atoms with E-state index in [0.717, 1.165) is 28.8 Å². The number of benzene rings is 1. The zero-order valence-corrected chi connectivity index (χ0v) is 12.6. The largest absolute Gasteiger partial charge is 0.492 e. The molecule has 0 heterocycles. The summed E-state index contributed by atoms with van der Waals surface area (Å²) in [6, 6.07) is 5.89. The number of aliphatic hydroxyl groups excluding tert-OH is 1. The van der Waals surface area contributed by atoms with Crippen LogP contribution in [0.5, 0.6) is 5.75 Å². The summed E-state index contributed by atoms with van der Waals surface area (Å²) < 4.78 is 6.54. The second kappa shape index (κ2) is 6.07. The summed E-state index contributed by atoms with van der Waals surface area (Å²) in [5.74, 6) is 1.90. The van der Waals surface area contributed by atoms with Gasteiger partial charge in [-0.2, -0.15) is 0 Å². The van der Waals surface area contributed by atoms with E-state index in [9.17, 15) is 5.11 Å². The van der Waals surface area contributed by atoms with Gasteiger partial charge in [0.2, 0.25) is 0 Å². The van der Waals surface area contributed by atoms with Gasteiger partial charge in [-0.3, -0.25) is 0 Å². The normalized spacial score (nSPS) is 18.4. The summed E-state index contributed by atoms with van der Waals surface area (Å²) in [7, 11) is 0. The number of aliphatic hydroxyl groups is 1. The molecule has 0 amide bonds. The number of hydrogen-bond donors (Lipinski definition) is 1. The first-order chi connectivity index (χ1) is 8.63. The molecule has 1 saturated carbocycles. The van der Waals surface area contributed by atoms with E-state index in [4.69, 9.17) is 4.74 Å². The lowest BCUT2D eigenvalue weighted by molar-refractivity contribution is 0.106. The van der Waals surface area contributed by atoms with E-state index in [0.29, 0.717) is 11.8 Å². The number of hydrogen-bond acceptors (Lipinski definition) is 2. The second-order valence-corrected chi connectivity index (χ2v) is 6.03. The Kier molecular flexibility index (Phi) is 4.68. The van der Waals surface area contributed by atoms with Crippen molar-refractivity contribution >= 4 is 15.9 Å². The highest BCUT2D eigenvalue weighted by atomic mass is 79.9. The van der Waals surface area contributed by atoms with E-state index in [2.05, 4.69) is 29.8 Å². The van der Waals surface area contributed by atoms with Gasteiger partial charge in [-0.05, 0) is 64.7 Å². The van der Waals surface area contributed by atoms with Crippen molar-refractivity contribution in [1.82, 2.24) is 0 Å². The number of ether oxygens (including phenoxy) is 1. The molecule has 0 spiro atoms. The molecule has 100 valence electrons. The van der Waals surface area contributed by atoms with Gasteiger partial charge in [-0.1, -0.05) is 19.9 Å². The van der Waals surface area contributed by atoms with Crippen molar-refractivity contribution in [2.75, 3.05) is 6.61 Å². The summed E-state index contributed by atoms with van der Waals surface area (Å²) in [4.78, 5) is 0. The molecule has 18 heavy (non-hydrogen) atoms. The molecule has 0 saturated heterocycles. The van der Waals surface area contributed by atoms with Crippen LogP contribution in [-0.4, -0.2) is 11.7 Å². The zero-order chi connectivity index (χ0) is 13.1. The molecule has 1 N–H and O–H groups in total. The van der Waals surface area contributed by atoms with Crippen LogP contribution in [0.15, 0.2) is 22.7 Å². The molecule has 1 fully saturated rings. The Hall–Kier alpha value is -0.540. The standard InChI is InChI=1S/C15H21BrO2/c1-3-8-18-14-7-6-12(9-13(14)16)15(17)10(2)11-4-5-11/h6-7,9-11,15,17H,3-5,8H2,1-2H3. The summed E-state index contributed by atoms with van der Waals surface area (Å²) in [5, 5.41) is 10.3. The maximum atomic E-state index is 10.3. The van der Waals surface area contributed by atoms with Gasteiger partial charge in [0, 0.05) is 0 Å². The third-order valence-electron chi connectivity index (χ3n) is 3.62. The maximum absolute atomic E-state index is 10.3. The molecular formula is C15H21BrO2. The SMILES string of the molecule is CCCOc1ccc(C(O)C(C)C2CC2)cc1Br. The second-order valence-electron chi connectivity index (χ2n) is 5.18. The first-order valence-corrected chi connectivity index (χ1v) is 7.53. The van der Waals surface area contributed by atoms with Crippen LogP contribution in [-0.2, 0) is 0 Å². The monoisotopic (exact) mass is 312 g/mol. The van der Waals surface area contributed by atoms with Crippen LogP contribution in [0, 0.1) is 11.8 Å². The van der Waals surface area contributed by atoms with Gasteiger partial charge in [0.1, 0.15) is 5.75 Å². The van der Waals surface area contributed by atoms with Gasteiger partial charge < -0.3 is 9.84 Å². The van der Waals surface area contributed by atoms with Gasteiger partial charge in [-0.15, -0.1) is 0 Å². The first kappa shape index (κ1) is 13.9. The molecule has 0 aromatic heterocycles. The smallest absolute Gasteiger partial charge is 0.133 e. The lowest BCUT2D eigenvalue weighted by Crippen LogP contribution is -2.11. The zero-order valence-electron chi connectivity index (χ0n) is 11.0. The van der Waals surface area contributed by atoms with Crippen molar-refractivity contribution in [3.8, 4) is 5.75 Å². The van der Waals surface area contributed by atoms with Crippen LogP contribution in [0.3, 0.4) is 0 Å². The molecular weight excluding hydrogens is 292 g/mol. The van der Waals surface area contributed by atoms with Crippen LogP contribution in [0.2, 0.25) is 0 Å². The lowest BCUT2D eigenvalue weighted by Gasteiger charge is -2.19. The van der Waals surface area contributed by atoms with Crippen molar-refractivity contribution < 1.29 is 9.84 Å². The number of halogens is 1. The quantitative estimate of drug-likeness (QED) is 0.847. The van der Waals surface area contributed by atoms with Gasteiger partial charge in [-0.25, -0.2) is 0 Å². The highest BCUT2D eigenvalue weighted by molar-refractivity contribution is 9.10. The van der Waals surface area contributed by atoms with E-state index in [-0.39, 0.29) is 6.10 Å². The molecule has 0 bridgehead atoms. The maximum Gasteiger partial charge on any atom is 0.133 e. The molecule has 1 aromatic rings. The van der Waals surface area contributed by atoms with E-state index < -0.39 is 0 Å². The van der Waals surface area contributed by atoms with E-state index >= 15 is 0 Å². The lowest BCUT2D eigenvalue weighted by atomic mass is 9.93. The van der Waals surface area contributed by atoms with Gasteiger partial charge in [0.15, 0.2) is 0 Å². The minimum atomic E-state index is -0.367. The van der Waals surface area contributed by atoms with Crippen LogP contribution in [0.1, 0.15) is 44.8 Å². The summed E-state index contributed by atoms with van der Waals surface area (Å²) in [5.41, 5.74) is 0.977. The molecule has 0 radical (unpaired) electrons. The third kappa shape index (κ3) is 3.27. The van der Waals surface area contributed by atoms with Gasteiger partial charge >= 0.3 is 0 Å². The fourth-order valence-electron chi connectivity index (χ4n) is 2.21. The Morgan fingerprint density at radius 3 is 2.72 bits per heavy atom. The molecule has 2 atom stereocenters. The molecule has 2 nitrogen and oxygen atoms in total. The highest BCUT2D eigenvalue weighted by Gasteiger charge is 2.33. The molecule has 1 aromatic carbocycles. The topological polar surface area (TPSA) is 29.5 Å². The Morgan fingerprint density at radius 2 is 2.17 bits per heavy atom. The summed E-state index contributed by atoms with van der Waals surface area (Å²) >= 11 is 3.51. The Balaban J connectivity index is 2.07. The van der Waals surface area contributed by atoms with Gasteiger partial charge in [0.05, 0.1) is 17.2 Å². The first-order valence-electron chi connectivity index (χ1n) is 6.73. The summed E-state index contributed by atoms with van der Waals surface area (Å²) in [6.07, 6.45) is 3.15. The van der Waals surface area contributed by atoms with E-state index in [1.54, 1.807) is 0 Å². The molecule has 2 unspecified atom stereocenters. The van der Waals surface area contributed by atoms with Crippen molar-refractivity contribution in [2.24, 2.45) is 11.8 Å². The molecule has 3 heteroatoms. The van der Waals surface area contributed by atoms with Crippen LogP contribution < -0.4 is 4.74 Å². The van der Waals surface area contributed by atoms with Crippen molar-refractivity contribution in [3.05, 3.63) is 28.2 Å². The van der Waals surface area contributed by atoms with E-state index in [1.165, 1.54) is 12.8 Å². The van der Waals surface area contributed by atoms with Crippen molar-refractivity contribution in [2.45, 2.75) is 39.2 Å². The average molecular weight is 313 g/mol.